The summed E-state index contributed by atoms with van der Waals surface area (Å²) in [5, 5.41) is 0. The maximum absolute atomic E-state index is 12.7. The van der Waals surface area contributed by atoms with Crippen LogP contribution in [0.5, 0.6) is 0 Å². The van der Waals surface area contributed by atoms with Crippen LogP contribution in [0.3, 0.4) is 0 Å². The average molecular weight is 400 g/mol. The fourth-order valence-corrected chi connectivity index (χ4v) is 3.88. The Kier molecular flexibility index (Phi) is 7.31. The number of carbonyl (C=O) groups is 2. The Morgan fingerprint density at radius 2 is 1.63 bits per heavy atom. The van der Waals surface area contributed by atoms with Crippen molar-refractivity contribution in [2.45, 2.75) is 17.9 Å². The normalized spacial score (nSPS) is 16.6. The van der Waals surface area contributed by atoms with Crippen LogP contribution in [-0.2, 0) is 24.2 Å². The van der Waals surface area contributed by atoms with Gasteiger partial charge in [0.1, 0.15) is 0 Å². The van der Waals surface area contributed by atoms with Crippen molar-refractivity contribution >= 4 is 22.0 Å². The molecule has 1 heterocycles. The second-order valence-electron chi connectivity index (χ2n) is 6.08. The lowest BCUT2D eigenvalue weighted by molar-refractivity contribution is 0.0213. The third-order valence-electron chi connectivity index (χ3n) is 4.30. The van der Waals surface area contributed by atoms with Crippen molar-refractivity contribution in [1.29, 1.82) is 0 Å². The largest absolute Gasteiger partial charge is 0.465 e. The third kappa shape index (κ3) is 5.48. The summed E-state index contributed by atoms with van der Waals surface area (Å²) in [6.45, 7) is 4.78. The lowest BCUT2D eigenvalue weighted by Gasteiger charge is -2.32. The Morgan fingerprint density at radius 3 is 2.11 bits per heavy atom. The first kappa shape index (κ1) is 21.3. The van der Waals surface area contributed by atoms with E-state index in [9.17, 15) is 18.0 Å². The molecular formula is C17H24N2O7S. The molecule has 1 N–H and O–H groups in total. The lowest BCUT2D eigenvalue weighted by Crippen LogP contribution is -2.47. The summed E-state index contributed by atoms with van der Waals surface area (Å²) in [5.41, 5.74) is -0.107. The number of morpholine rings is 1. The van der Waals surface area contributed by atoms with Crippen LogP contribution < -0.4 is 4.72 Å². The summed E-state index contributed by atoms with van der Waals surface area (Å²) in [6.07, 6.45) is 0. The van der Waals surface area contributed by atoms with Gasteiger partial charge >= 0.3 is 11.9 Å². The molecule has 0 spiro atoms. The second kappa shape index (κ2) is 9.27. The first-order valence-corrected chi connectivity index (χ1v) is 9.90. The zero-order chi connectivity index (χ0) is 20.0. The van der Waals surface area contributed by atoms with E-state index in [0.29, 0.717) is 13.2 Å². The minimum absolute atomic E-state index is 0.0347. The zero-order valence-electron chi connectivity index (χ0n) is 15.6. The van der Waals surface area contributed by atoms with Gasteiger partial charge in [-0.05, 0) is 25.1 Å². The van der Waals surface area contributed by atoms with E-state index in [1.807, 2.05) is 6.92 Å². The van der Waals surface area contributed by atoms with Crippen LogP contribution in [0.2, 0.25) is 0 Å². The summed E-state index contributed by atoms with van der Waals surface area (Å²) in [6, 6.07) is 3.53. The minimum Gasteiger partial charge on any atom is -0.465 e. The molecule has 0 bridgehead atoms. The summed E-state index contributed by atoms with van der Waals surface area (Å²) in [5.74, 6) is -1.50. The van der Waals surface area contributed by atoms with Crippen LogP contribution in [0.15, 0.2) is 23.1 Å². The molecule has 0 radical (unpaired) electrons. The van der Waals surface area contributed by atoms with Gasteiger partial charge in [-0.1, -0.05) is 0 Å². The number of sulfonamides is 1. The first-order valence-electron chi connectivity index (χ1n) is 8.41. The summed E-state index contributed by atoms with van der Waals surface area (Å²) < 4.78 is 42.4. The van der Waals surface area contributed by atoms with Gasteiger partial charge in [-0.25, -0.2) is 22.7 Å². The zero-order valence-corrected chi connectivity index (χ0v) is 16.4. The standard InChI is InChI=1S/C17H24N2O7S/c1-12(19-4-6-26-7-5-19)11-18-27(22,23)15-9-13(16(20)24-2)8-14(10-15)17(21)25-3/h8-10,12,18H,4-7,11H2,1-3H3. The van der Waals surface area contributed by atoms with Crippen LogP contribution in [-0.4, -0.2) is 78.4 Å². The monoisotopic (exact) mass is 400 g/mol. The van der Waals surface area contributed by atoms with Crippen molar-refractivity contribution in [1.82, 2.24) is 9.62 Å². The summed E-state index contributed by atoms with van der Waals surface area (Å²) in [4.78, 5) is 25.6. The number of nitrogens with zero attached hydrogens (tertiary/aromatic N) is 1. The van der Waals surface area contributed by atoms with Gasteiger partial charge in [-0.15, -0.1) is 0 Å². The number of esters is 2. The van der Waals surface area contributed by atoms with Crippen molar-refractivity contribution < 1.29 is 32.2 Å². The number of methoxy groups -OCH3 is 2. The molecule has 10 heteroatoms. The Labute approximate surface area is 158 Å². The molecule has 27 heavy (non-hydrogen) atoms. The molecule has 2 rings (SSSR count). The van der Waals surface area contributed by atoms with E-state index in [2.05, 4.69) is 19.1 Å². The van der Waals surface area contributed by atoms with Crippen molar-refractivity contribution in [3.63, 3.8) is 0 Å². The molecule has 1 aliphatic rings. The van der Waals surface area contributed by atoms with E-state index in [1.54, 1.807) is 0 Å². The Bertz CT molecular complexity index is 754. The van der Waals surface area contributed by atoms with Gasteiger partial charge in [-0.3, -0.25) is 4.90 Å². The molecule has 1 atom stereocenters. The highest BCUT2D eigenvalue weighted by atomic mass is 32.2. The van der Waals surface area contributed by atoms with Crippen molar-refractivity contribution in [2.75, 3.05) is 47.1 Å². The molecule has 0 aromatic heterocycles. The van der Waals surface area contributed by atoms with Gasteiger partial charge in [0.15, 0.2) is 0 Å². The smallest absolute Gasteiger partial charge is 0.337 e. The van der Waals surface area contributed by atoms with Gasteiger partial charge in [-0.2, -0.15) is 0 Å². The summed E-state index contributed by atoms with van der Waals surface area (Å²) in [7, 11) is -1.61. The fraction of sp³-hybridized carbons (Fsp3) is 0.529. The van der Waals surface area contributed by atoms with Gasteiger partial charge in [0.2, 0.25) is 10.0 Å². The van der Waals surface area contributed by atoms with Crippen molar-refractivity contribution in [3.8, 4) is 0 Å². The number of hydrogen-bond donors (Lipinski definition) is 1. The summed E-state index contributed by atoms with van der Waals surface area (Å²) >= 11 is 0. The van der Waals surface area contributed by atoms with Gasteiger partial charge in [0.05, 0.1) is 43.5 Å². The number of benzene rings is 1. The highest BCUT2D eigenvalue weighted by Gasteiger charge is 2.23. The van der Waals surface area contributed by atoms with Gasteiger partial charge < -0.3 is 14.2 Å². The van der Waals surface area contributed by atoms with Gasteiger partial charge in [0, 0.05) is 25.7 Å². The lowest BCUT2D eigenvalue weighted by atomic mass is 10.1. The van der Waals surface area contributed by atoms with Crippen LogP contribution in [0, 0.1) is 0 Å². The number of nitrogens with one attached hydrogen (secondary N) is 1. The third-order valence-corrected chi connectivity index (χ3v) is 5.70. The van der Waals surface area contributed by atoms with Crippen molar-refractivity contribution in [3.05, 3.63) is 29.3 Å². The second-order valence-corrected chi connectivity index (χ2v) is 7.85. The predicted octanol–water partition coefficient (Wildman–Crippen LogP) is 0.259. The van der Waals surface area contributed by atoms with Crippen molar-refractivity contribution in [2.24, 2.45) is 0 Å². The number of carbonyl (C=O) groups excluding carboxylic acids is 2. The van der Waals surface area contributed by atoms with E-state index in [0.717, 1.165) is 13.1 Å². The first-order chi connectivity index (χ1) is 12.8. The molecule has 1 aromatic carbocycles. The Hall–Kier alpha value is -2.01. The molecule has 0 aliphatic carbocycles. The fourth-order valence-electron chi connectivity index (χ4n) is 2.69. The van der Waals surface area contributed by atoms with E-state index in [4.69, 9.17) is 4.74 Å². The quantitative estimate of drug-likeness (QED) is 0.649. The maximum atomic E-state index is 12.7. The average Bonchev–Trinajstić information content (AvgIpc) is 2.71. The molecular weight excluding hydrogens is 376 g/mol. The van der Waals surface area contributed by atoms with E-state index in [1.165, 1.54) is 32.4 Å². The molecule has 9 nitrogen and oxygen atoms in total. The van der Waals surface area contributed by atoms with E-state index < -0.39 is 22.0 Å². The molecule has 0 amide bonds. The molecule has 150 valence electrons. The number of rotatable bonds is 7. The molecule has 1 aromatic rings. The Morgan fingerprint density at radius 1 is 1.11 bits per heavy atom. The highest BCUT2D eigenvalue weighted by molar-refractivity contribution is 7.89. The molecule has 0 saturated carbocycles. The maximum Gasteiger partial charge on any atom is 0.337 e. The molecule has 1 aliphatic heterocycles. The number of hydrogen-bond acceptors (Lipinski definition) is 8. The van der Waals surface area contributed by atoms with Gasteiger partial charge in [0.25, 0.3) is 0 Å². The SMILES string of the molecule is COC(=O)c1cc(C(=O)OC)cc(S(=O)(=O)NCC(C)N2CCOCC2)c1. The van der Waals surface area contributed by atoms with Crippen LogP contribution in [0.4, 0.5) is 0 Å². The minimum atomic E-state index is -3.95. The van der Waals surface area contributed by atoms with E-state index >= 15 is 0 Å². The molecule has 1 saturated heterocycles. The van der Waals surface area contributed by atoms with E-state index in [-0.39, 0.29) is 28.6 Å². The Balaban J connectivity index is 2.22. The number of ether oxygens (including phenoxy) is 3. The topological polar surface area (TPSA) is 111 Å². The molecule has 1 unspecified atom stereocenters. The molecule has 1 fully saturated rings. The van der Waals surface area contributed by atoms with Crippen LogP contribution in [0.1, 0.15) is 27.6 Å². The van der Waals surface area contributed by atoms with Crippen LogP contribution in [0.25, 0.3) is 0 Å². The highest BCUT2D eigenvalue weighted by Crippen LogP contribution is 2.17. The van der Waals surface area contributed by atoms with Crippen LogP contribution >= 0.6 is 0 Å². The predicted molar refractivity (Wildman–Crippen MR) is 96.2 cm³/mol.